The molecule has 4 rings (SSSR count). The Morgan fingerprint density at radius 3 is 2.41 bits per heavy atom. The Morgan fingerprint density at radius 1 is 0.966 bits per heavy atom. The van der Waals surface area contributed by atoms with Gasteiger partial charge in [0.05, 0.1) is 5.56 Å². The van der Waals surface area contributed by atoms with E-state index < -0.39 is 11.6 Å². The Kier molecular flexibility index (Phi) is 4.48. The van der Waals surface area contributed by atoms with Crippen LogP contribution in [0.4, 0.5) is 0 Å². The van der Waals surface area contributed by atoms with E-state index in [1.165, 1.54) is 6.07 Å². The van der Waals surface area contributed by atoms with Crippen molar-refractivity contribution in [2.24, 2.45) is 0 Å². The second-order valence-corrected chi connectivity index (χ2v) is 7.52. The fourth-order valence-corrected chi connectivity index (χ4v) is 3.72. The van der Waals surface area contributed by atoms with Gasteiger partial charge in [-0.1, -0.05) is 54.5 Å². The highest BCUT2D eigenvalue weighted by Crippen LogP contribution is 2.41. The van der Waals surface area contributed by atoms with E-state index >= 15 is 0 Å². The number of ether oxygens (including phenoxy) is 1. The van der Waals surface area contributed by atoms with Crippen molar-refractivity contribution in [2.75, 3.05) is 0 Å². The summed E-state index contributed by atoms with van der Waals surface area (Å²) in [6, 6.07) is 21.1. The first-order chi connectivity index (χ1) is 13.9. The zero-order chi connectivity index (χ0) is 20.6. The molecule has 0 aromatic heterocycles. The van der Waals surface area contributed by atoms with Gasteiger partial charge in [-0.25, -0.2) is 4.79 Å². The van der Waals surface area contributed by atoms with E-state index in [1.54, 1.807) is 6.07 Å². The lowest BCUT2D eigenvalue weighted by Gasteiger charge is -2.31. The van der Waals surface area contributed by atoms with Crippen LogP contribution in [0.3, 0.4) is 0 Å². The fourth-order valence-electron chi connectivity index (χ4n) is 3.72. The van der Waals surface area contributed by atoms with Crippen LogP contribution < -0.4 is 4.74 Å². The molecule has 29 heavy (non-hydrogen) atoms. The fraction of sp³-hybridized carbons (Fsp3) is 0.115. The van der Waals surface area contributed by atoms with Gasteiger partial charge in [-0.2, -0.15) is 0 Å². The van der Waals surface area contributed by atoms with Gasteiger partial charge in [0.2, 0.25) is 0 Å². The molecule has 0 radical (unpaired) electrons. The average Bonchev–Trinajstić information content (AvgIpc) is 2.72. The van der Waals surface area contributed by atoms with Crippen LogP contribution in [0.15, 0.2) is 72.8 Å². The van der Waals surface area contributed by atoms with Gasteiger partial charge in [-0.05, 0) is 60.4 Å². The maximum absolute atomic E-state index is 11.6. The van der Waals surface area contributed by atoms with Crippen LogP contribution >= 0.6 is 0 Å². The minimum atomic E-state index is -1.03. The van der Waals surface area contributed by atoms with E-state index in [2.05, 4.69) is 24.1 Å². The molecule has 3 nitrogen and oxygen atoms in total. The van der Waals surface area contributed by atoms with Crippen LogP contribution in [0.25, 0.3) is 16.7 Å². The number of hydrogen-bond donors (Lipinski definition) is 1. The highest BCUT2D eigenvalue weighted by Gasteiger charge is 2.27. The molecule has 0 spiro atoms. The third-order valence-electron chi connectivity index (χ3n) is 4.97. The van der Waals surface area contributed by atoms with Gasteiger partial charge in [-0.3, -0.25) is 0 Å². The van der Waals surface area contributed by atoms with Crippen LogP contribution in [-0.2, 0) is 0 Å². The Labute approximate surface area is 170 Å². The Balaban J connectivity index is 1.92. The first kappa shape index (κ1) is 18.6. The van der Waals surface area contributed by atoms with E-state index in [0.717, 1.165) is 28.0 Å². The van der Waals surface area contributed by atoms with Gasteiger partial charge in [-0.15, -0.1) is 6.42 Å². The average molecular weight is 380 g/mol. The second-order valence-electron chi connectivity index (χ2n) is 7.52. The number of rotatable bonds is 3. The van der Waals surface area contributed by atoms with Crippen LogP contribution in [0.1, 0.15) is 40.9 Å². The molecule has 3 aromatic rings. The number of carbonyl (C=O) groups is 1. The van der Waals surface area contributed by atoms with E-state index in [-0.39, 0.29) is 5.56 Å². The van der Waals surface area contributed by atoms with E-state index in [9.17, 15) is 9.90 Å². The molecule has 0 bridgehead atoms. The van der Waals surface area contributed by atoms with Gasteiger partial charge < -0.3 is 9.84 Å². The highest BCUT2D eigenvalue weighted by molar-refractivity contribution is 5.95. The van der Waals surface area contributed by atoms with Crippen molar-refractivity contribution >= 4 is 11.5 Å². The number of carboxylic acids is 1. The summed E-state index contributed by atoms with van der Waals surface area (Å²) in [5, 5.41) is 9.48. The SMILES string of the molecule is C#Cc1c(C(=O)O)cccc1-c1ccc2c(c1)C(c1ccccc1)=CC(C)(C)O2. The largest absolute Gasteiger partial charge is 0.483 e. The third-order valence-corrected chi connectivity index (χ3v) is 4.97. The third kappa shape index (κ3) is 3.41. The zero-order valence-corrected chi connectivity index (χ0v) is 16.3. The number of terminal acetylenes is 1. The molecule has 3 aromatic carbocycles. The maximum atomic E-state index is 11.6. The predicted molar refractivity (Wildman–Crippen MR) is 115 cm³/mol. The lowest BCUT2D eigenvalue weighted by Crippen LogP contribution is -2.29. The summed E-state index contributed by atoms with van der Waals surface area (Å²) >= 11 is 0. The summed E-state index contributed by atoms with van der Waals surface area (Å²) in [6.07, 6.45) is 7.78. The van der Waals surface area contributed by atoms with Gasteiger partial charge >= 0.3 is 5.97 Å². The molecule has 0 saturated heterocycles. The molecule has 1 heterocycles. The monoisotopic (exact) mass is 380 g/mol. The Morgan fingerprint density at radius 2 is 1.72 bits per heavy atom. The summed E-state index contributed by atoms with van der Waals surface area (Å²) in [6.45, 7) is 4.05. The zero-order valence-electron chi connectivity index (χ0n) is 16.3. The van der Waals surface area contributed by atoms with Crippen LogP contribution in [0.5, 0.6) is 5.75 Å². The number of aromatic carboxylic acids is 1. The standard InChI is InChI=1S/C26H20O3/c1-4-19-20(11-8-12-21(19)25(27)28)18-13-14-24-22(15-18)23(16-26(2,3)29-24)17-9-6-5-7-10-17/h1,5-16H,2-3H3,(H,27,28). The number of carboxylic acid groups (broad SMARTS) is 1. The minimum Gasteiger partial charge on any atom is -0.483 e. The summed E-state index contributed by atoms with van der Waals surface area (Å²) in [5.41, 5.74) is 4.76. The van der Waals surface area contributed by atoms with Gasteiger partial charge in [0, 0.05) is 11.1 Å². The Bertz CT molecular complexity index is 1180. The summed E-state index contributed by atoms with van der Waals surface area (Å²) in [4.78, 5) is 11.6. The summed E-state index contributed by atoms with van der Waals surface area (Å²) in [7, 11) is 0. The lowest BCUT2D eigenvalue weighted by atomic mass is 9.87. The van der Waals surface area contributed by atoms with Crippen molar-refractivity contribution in [2.45, 2.75) is 19.4 Å². The lowest BCUT2D eigenvalue weighted by molar-refractivity contribution is 0.0696. The molecule has 0 unspecified atom stereocenters. The molecule has 1 aliphatic rings. The van der Waals surface area contributed by atoms with Crippen LogP contribution in [-0.4, -0.2) is 16.7 Å². The molecule has 0 fully saturated rings. The van der Waals surface area contributed by atoms with Crippen molar-refractivity contribution in [3.05, 3.63) is 95.1 Å². The molecular formula is C26H20O3. The van der Waals surface area contributed by atoms with Gasteiger partial charge in [0.15, 0.2) is 0 Å². The maximum Gasteiger partial charge on any atom is 0.336 e. The van der Waals surface area contributed by atoms with E-state index in [4.69, 9.17) is 11.2 Å². The van der Waals surface area contributed by atoms with Gasteiger partial charge in [0.25, 0.3) is 0 Å². The first-order valence-corrected chi connectivity index (χ1v) is 9.34. The predicted octanol–water partition coefficient (Wildman–Crippen LogP) is 5.64. The van der Waals surface area contributed by atoms with Crippen molar-refractivity contribution in [3.8, 4) is 29.2 Å². The summed E-state index contributed by atoms with van der Waals surface area (Å²) < 4.78 is 6.17. The molecule has 1 aliphatic heterocycles. The minimum absolute atomic E-state index is 0.124. The number of hydrogen-bond acceptors (Lipinski definition) is 2. The van der Waals surface area contributed by atoms with Crippen molar-refractivity contribution < 1.29 is 14.6 Å². The Hall–Kier alpha value is -3.77. The highest BCUT2D eigenvalue weighted by atomic mass is 16.5. The molecule has 0 aliphatic carbocycles. The molecule has 0 saturated carbocycles. The van der Waals surface area contributed by atoms with Gasteiger partial charge in [0.1, 0.15) is 11.4 Å². The van der Waals surface area contributed by atoms with Crippen molar-refractivity contribution in [1.29, 1.82) is 0 Å². The topological polar surface area (TPSA) is 46.5 Å². The molecule has 0 amide bonds. The molecule has 0 atom stereocenters. The first-order valence-electron chi connectivity index (χ1n) is 9.34. The quantitative estimate of drug-likeness (QED) is 0.599. The number of benzene rings is 3. The van der Waals surface area contributed by atoms with E-state index in [0.29, 0.717) is 11.1 Å². The molecule has 3 heteroatoms. The molecule has 1 N–H and O–H groups in total. The molecule has 142 valence electrons. The van der Waals surface area contributed by atoms with Crippen molar-refractivity contribution in [3.63, 3.8) is 0 Å². The van der Waals surface area contributed by atoms with Crippen molar-refractivity contribution in [1.82, 2.24) is 0 Å². The van der Waals surface area contributed by atoms with Crippen LogP contribution in [0, 0.1) is 12.3 Å². The van der Waals surface area contributed by atoms with Crippen LogP contribution in [0.2, 0.25) is 0 Å². The van der Waals surface area contributed by atoms with E-state index in [1.807, 2.05) is 56.3 Å². The smallest absolute Gasteiger partial charge is 0.336 e. The normalized spacial score (nSPS) is 14.2. The molecular weight excluding hydrogens is 360 g/mol. The second kappa shape index (κ2) is 7.00. The number of fused-ring (bicyclic) bond motifs is 1. The summed E-state index contributed by atoms with van der Waals surface area (Å²) in [5.74, 6) is 2.31.